The van der Waals surface area contributed by atoms with Gasteiger partial charge in [0.25, 0.3) is 0 Å². The summed E-state index contributed by atoms with van der Waals surface area (Å²) in [6, 6.07) is -1.50. The number of aromatic nitrogens is 1. The number of thiazole rings is 1. The van der Waals surface area contributed by atoms with E-state index in [9.17, 15) is 9.59 Å². The molecule has 6 nitrogen and oxygen atoms in total. The predicted molar refractivity (Wildman–Crippen MR) is 82.6 cm³/mol. The Morgan fingerprint density at radius 1 is 1.33 bits per heavy atom. The molecular formula is C14H23N3O3S. The van der Waals surface area contributed by atoms with E-state index in [1.807, 2.05) is 27.7 Å². The fraction of sp³-hybridized carbons (Fsp3) is 0.643. The average molecular weight is 313 g/mol. The highest BCUT2D eigenvalue weighted by Gasteiger charge is 2.21. The van der Waals surface area contributed by atoms with E-state index in [1.54, 1.807) is 0 Å². The summed E-state index contributed by atoms with van der Waals surface area (Å²) in [5, 5.41) is 15.3. The zero-order valence-electron chi connectivity index (χ0n) is 12.9. The van der Waals surface area contributed by atoms with Crippen LogP contribution in [-0.2, 0) is 4.79 Å². The summed E-state index contributed by atoms with van der Waals surface area (Å²) in [5.74, 6) is -1.00. The monoisotopic (exact) mass is 313 g/mol. The van der Waals surface area contributed by atoms with Gasteiger partial charge < -0.3 is 15.7 Å². The summed E-state index contributed by atoms with van der Waals surface area (Å²) < 4.78 is 0. The third-order valence-corrected chi connectivity index (χ3v) is 4.39. The summed E-state index contributed by atoms with van der Waals surface area (Å²) in [7, 11) is 0. The van der Waals surface area contributed by atoms with Crippen LogP contribution in [0.3, 0.4) is 0 Å². The van der Waals surface area contributed by atoms with Gasteiger partial charge in [-0.2, -0.15) is 0 Å². The molecule has 1 aromatic heterocycles. The van der Waals surface area contributed by atoms with Crippen LogP contribution in [0.4, 0.5) is 4.79 Å². The highest BCUT2D eigenvalue weighted by molar-refractivity contribution is 7.11. The van der Waals surface area contributed by atoms with Crippen molar-refractivity contribution in [3.8, 4) is 0 Å². The molecule has 0 aliphatic heterocycles. The summed E-state index contributed by atoms with van der Waals surface area (Å²) in [6.07, 6.45) is 2.09. The molecule has 2 unspecified atom stereocenters. The quantitative estimate of drug-likeness (QED) is 0.722. The molecule has 0 spiro atoms. The number of hydrogen-bond acceptors (Lipinski definition) is 4. The van der Waals surface area contributed by atoms with E-state index in [-0.39, 0.29) is 6.04 Å². The third-order valence-electron chi connectivity index (χ3n) is 3.13. The Morgan fingerprint density at radius 3 is 2.48 bits per heavy atom. The van der Waals surface area contributed by atoms with Crippen LogP contribution in [0.2, 0.25) is 0 Å². The molecule has 118 valence electrons. The van der Waals surface area contributed by atoms with Crippen LogP contribution in [0.25, 0.3) is 0 Å². The van der Waals surface area contributed by atoms with Crippen LogP contribution in [-0.4, -0.2) is 28.1 Å². The Hall–Kier alpha value is -1.63. The van der Waals surface area contributed by atoms with Gasteiger partial charge >= 0.3 is 12.0 Å². The Morgan fingerprint density at radius 2 is 2.00 bits per heavy atom. The summed E-state index contributed by atoms with van der Waals surface area (Å²) in [5.41, 5.74) is 0.895. The van der Waals surface area contributed by atoms with Gasteiger partial charge in [-0.1, -0.05) is 19.8 Å². The lowest BCUT2D eigenvalue weighted by molar-refractivity contribution is -0.139. The molecule has 0 saturated heterocycles. The summed E-state index contributed by atoms with van der Waals surface area (Å²) in [6.45, 7) is 7.66. The van der Waals surface area contributed by atoms with E-state index in [4.69, 9.17) is 5.11 Å². The number of unbranched alkanes of at least 4 members (excludes halogenated alkanes) is 1. The number of nitrogens with zero attached hydrogens (tertiary/aromatic N) is 1. The molecule has 0 radical (unpaired) electrons. The number of carbonyl (C=O) groups excluding carboxylic acids is 1. The number of aryl methyl sites for hydroxylation is 2. The minimum atomic E-state index is -1.00. The number of aliphatic carboxylic acids is 1. The van der Waals surface area contributed by atoms with Crippen LogP contribution < -0.4 is 10.6 Å². The van der Waals surface area contributed by atoms with Crippen molar-refractivity contribution in [1.82, 2.24) is 15.6 Å². The third kappa shape index (κ3) is 5.34. The Kier molecular flexibility index (Phi) is 6.61. The van der Waals surface area contributed by atoms with Crippen molar-refractivity contribution in [3.63, 3.8) is 0 Å². The number of hydrogen-bond donors (Lipinski definition) is 3. The first kappa shape index (κ1) is 17.4. The topological polar surface area (TPSA) is 91.3 Å². The first-order chi connectivity index (χ1) is 9.85. The Balaban J connectivity index is 2.59. The fourth-order valence-corrected chi connectivity index (χ4v) is 3.01. The zero-order valence-corrected chi connectivity index (χ0v) is 13.7. The van der Waals surface area contributed by atoms with Gasteiger partial charge in [0.1, 0.15) is 6.04 Å². The number of carbonyl (C=O) groups is 2. The Labute approximate surface area is 129 Å². The molecule has 21 heavy (non-hydrogen) atoms. The van der Waals surface area contributed by atoms with E-state index in [0.717, 1.165) is 28.4 Å². The Bertz CT molecular complexity index is 502. The predicted octanol–water partition coefficient (Wildman–Crippen LogP) is 2.76. The maximum absolute atomic E-state index is 11.9. The van der Waals surface area contributed by atoms with Gasteiger partial charge in [0.05, 0.1) is 16.7 Å². The maximum Gasteiger partial charge on any atom is 0.326 e. The zero-order chi connectivity index (χ0) is 16.0. The van der Waals surface area contributed by atoms with Crippen molar-refractivity contribution in [2.45, 2.75) is 59.0 Å². The van der Waals surface area contributed by atoms with Crippen molar-refractivity contribution in [3.05, 3.63) is 15.6 Å². The molecule has 0 aromatic carbocycles. The SMILES string of the molecule is CCCCC(NC(=O)NC(C)c1sc(C)nc1C)C(=O)O. The molecule has 0 saturated carbocycles. The number of urea groups is 1. The summed E-state index contributed by atoms with van der Waals surface area (Å²) >= 11 is 1.53. The number of nitrogens with one attached hydrogen (secondary N) is 2. The first-order valence-corrected chi connectivity index (χ1v) is 7.90. The van der Waals surface area contributed by atoms with Crippen LogP contribution >= 0.6 is 11.3 Å². The standard InChI is InChI=1S/C14H23N3O3S/c1-5-6-7-11(13(18)19)17-14(20)16-9(3)12-8(2)15-10(4)21-12/h9,11H,5-7H2,1-4H3,(H,18,19)(H2,16,17,20). The van der Waals surface area contributed by atoms with Gasteiger partial charge in [-0.05, 0) is 27.2 Å². The van der Waals surface area contributed by atoms with E-state index in [2.05, 4.69) is 15.6 Å². The van der Waals surface area contributed by atoms with E-state index in [1.165, 1.54) is 11.3 Å². The molecule has 1 aromatic rings. The van der Waals surface area contributed by atoms with E-state index in [0.29, 0.717) is 6.42 Å². The van der Waals surface area contributed by atoms with Crippen LogP contribution in [0, 0.1) is 13.8 Å². The smallest absolute Gasteiger partial charge is 0.326 e. The van der Waals surface area contributed by atoms with Gasteiger partial charge in [-0.25, -0.2) is 14.6 Å². The molecule has 0 bridgehead atoms. The van der Waals surface area contributed by atoms with Crippen molar-refractivity contribution in [1.29, 1.82) is 0 Å². The molecule has 7 heteroatoms. The van der Waals surface area contributed by atoms with Crippen LogP contribution in [0.5, 0.6) is 0 Å². The van der Waals surface area contributed by atoms with Gasteiger partial charge in [0.15, 0.2) is 0 Å². The molecule has 3 N–H and O–H groups in total. The normalized spacial score (nSPS) is 13.5. The van der Waals surface area contributed by atoms with Gasteiger partial charge in [0.2, 0.25) is 0 Å². The largest absolute Gasteiger partial charge is 0.480 e. The highest BCUT2D eigenvalue weighted by Crippen LogP contribution is 2.24. The van der Waals surface area contributed by atoms with Crippen molar-refractivity contribution in [2.75, 3.05) is 0 Å². The lowest BCUT2D eigenvalue weighted by Gasteiger charge is -2.18. The fourth-order valence-electron chi connectivity index (χ4n) is 2.08. The second-order valence-corrected chi connectivity index (χ2v) is 6.29. The second kappa shape index (κ2) is 7.97. The first-order valence-electron chi connectivity index (χ1n) is 7.08. The van der Waals surface area contributed by atoms with Crippen LogP contribution in [0.1, 0.15) is 54.7 Å². The maximum atomic E-state index is 11.9. The molecule has 0 aliphatic rings. The summed E-state index contributed by atoms with van der Waals surface area (Å²) in [4.78, 5) is 28.3. The minimum Gasteiger partial charge on any atom is -0.480 e. The van der Waals surface area contributed by atoms with Gasteiger partial charge in [0, 0.05) is 4.88 Å². The highest BCUT2D eigenvalue weighted by atomic mass is 32.1. The lowest BCUT2D eigenvalue weighted by atomic mass is 10.1. The molecule has 1 rings (SSSR count). The number of carboxylic acid groups (broad SMARTS) is 1. The van der Waals surface area contributed by atoms with Crippen LogP contribution in [0.15, 0.2) is 0 Å². The van der Waals surface area contributed by atoms with Crippen molar-refractivity contribution in [2.24, 2.45) is 0 Å². The molecule has 2 amide bonds. The van der Waals surface area contributed by atoms with E-state index >= 15 is 0 Å². The average Bonchev–Trinajstić information content (AvgIpc) is 2.73. The molecule has 2 atom stereocenters. The van der Waals surface area contributed by atoms with Gasteiger partial charge in [-0.3, -0.25) is 0 Å². The molecular weight excluding hydrogens is 290 g/mol. The van der Waals surface area contributed by atoms with E-state index < -0.39 is 18.0 Å². The lowest BCUT2D eigenvalue weighted by Crippen LogP contribution is -2.46. The van der Waals surface area contributed by atoms with Crippen molar-refractivity contribution < 1.29 is 14.7 Å². The minimum absolute atomic E-state index is 0.197. The molecule has 0 fully saturated rings. The molecule has 0 aliphatic carbocycles. The number of carboxylic acids is 1. The number of amides is 2. The van der Waals surface area contributed by atoms with Crippen molar-refractivity contribution >= 4 is 23.3 Å². The number of rotatable bonds is 7. The van der Waals surface area contributed by atoms with Gasteiger partial charge in [-0.15, -0.1) is 11.3 Å². The second-order valence-electron chi connectivity index (χ2n) is 5.06. The molecule has 1 heterocycles.